The van der Waals surface area contributed by atoms with Gasteiger partial charge in [-0.1, -0.05) is 123 Å². The van der Waals surface area contributed by atoms with Gasteiger partial charge >= 0.3 is 0 Å². The Labute approximate surface area is 191 Å². The van der Waals surface area contributed by atoms with Gasteiger partial charge in [-0.05, 0) is 62.5 Å². The fourth-order valence-corrected chi connectivity index (χ4v) is 5.56. The van der Waals surface area contributed by atoms with Crippen molar-refractivity contribution in [1.82, 2.24) is 0 Å². The molecule has 1 rings (SSSR count). The largest absolute Gasteiger partial charge is 0.0708 e. The summed E-state index contributed by atoms with van der Waals surface area (Å²) in [6, 6.07) is 0. The van der Waals surface area contributed by atoms with Crippen LogP contribution in [0, 0.1) is 5.41 Å². The standard InChI is InChI=1S/C30H56/c1-6-11-16-21-27-26-30(24-19-14-9-4,25-20-15-10-5)29(23-18-13-8-3)28(27)22-17-12-7-2/h26H,6-25H2,1-5H3. The highest BCUT2D eigenvalue weighted by molar-refractivity contribution is 5.48. The lowest BCUT2D eigenvalue weighted by Gasteiger charge is -2.33. The lowest BCUT2D eigenvalue weighted by molar-refractivity contribution is 0.346. The number of allylic oxidation sites excluding steroid dienone is 4. The molecule has 1 aliphatic carbocycles. The molecular formula is C30H56. The Morgan fingerprint density at radius 3 is 1.43 bits per heavy atom. The Bertz CT molecular complexity index is 468. The smallest absolute Gasteiger partial charge is 0.0102 e. The molecule has 0 N–H and O–H groups in total. The molecule has 1 aliphatic rings. The highest BCUT2D eigenvalue weighted by Gasteiger charge is 2.38. The average molecular weight is 417 g/mol. The van der Waals surface area contributed by atoms with Gasteiger partial charge in [0.25, 0.3) is 0 Å². The average Bonchev–Trinajstić information content (AvgIpc) is 3.02. The van der Waals surface area contributed by atoms with Gasteiger partial charge in [0.05, 0.1) is 0 Å². The van der Waals surface area contributed by atoms with Crippen molar-refractivity contribution in [3.8, 4) is 0 Å². The zero-order valence-corrected chi connectivity index (χ0v) is 21.7. The molecule has 0 heterocycles. The van der Waals surface area contributed by atoms with E-state index >= 15 is 0 Å². The maximum Gasteiger partial charge on any atom is 0.0102 e. The van der Waals surface area contributed by atoms with E-state index in [2.05, 4.69) is 40.7 Å². The van der Waals surface area contributed by atoms with Crippen LogP contribution < -0.4 is 0 Å². The van der Waals surface area contributed by atoms with Crippen molar-refractivity contribution in [3.05, 3.63) is 22.8 Å². The van der Waals surface area contributed by atoms with E-state index in [4.69, 9.17) is 0 Å². The summed E-state index contributed by atoms with van der Waals surface area (Å²) in [5, 5.41) is 0. The third-order valence-corrected chi connectivity index (χ3v) is 7.37. The first kappa shape index (κ1) is 27.5. The summed E-state index contributed by atoms with van der Waals surface area (Å²) >= 11 is 0. The van der Waals surface area contributed by atoms with Crippen LogP contribution in [0.3, 0.4) is 0 Å². The minimum absolute atomic E-state index is 0.418. The van der Waals surface area contributed by atoms with Gasteiger partial charge in [0.15, 0.2) is 0 Å². The van der Waals surface area contributed by atoms with Crippen molar-refractivity contribution in [2.45, 2.75) is 163 Å². The van der Waals surface area contributed by atoms with Crippen LogP contribution in [-0.2, 0) is 0 Å². The molecule has 0 saturated carbocycles. The minimum Gasteiger partial charge on any atom is -0.0708 e. The van der Waals surface area contributed by atoms with Crippen LogP contribution in [0.4, 0.5) is 0 Å². The summed E-state index contributed by atoms with van der Waals surface area (Å²) in [5.41, 5.74) is 5.98. The van der Waals surface area contributed by atoms with E-state index in [1.807, 2.05) is 11.1 Å². The molecule has 0 aromatic carbocycles. The van der Waals surface area contributed by atoms with E-state index in [9.17, 15) is 0 Å². The Hall–Kier alpha value is -0.520. The molecule has 0 heteroatoms. The molecule has 0 aromatic rings. The number of unbranched alkanes of at least 4 members (excludes halogenated alkanes) is 10. The molecule has 30 heavy (non-hydrogen) atoms. The number of hydrogen-bond acceptors (Lipinski definition) is 0. The molecule has 176 valence electrons. The zero-order valence-electron chi connectivity index (χ0n) is 21.7. The van der Waals surface area contributed by atoms with Crippen molar-refractivity contribution >= 4 is 0 Å². The highest BCUT2D eigenvalue weighted by Crippen LogP contribution is 2.52. The van der Waals surface area contributed by atoms with Crippen molar-refractivity contribution in [1.29, 1.82) is 0 Å². The van der Waals surface area contributed by atoms with Gasteiger partial charge in [0.2, 0.25) is 0 Å². The third kappa shape index (κ3) is 9.32. The Morgan fingerprint density at radius 1 is 0.500 bits per heavy atom. The SMILES string of the molecule is CCCCCC1=CC(CCCCC)(CCCCC)C(CCCCC)=C1CCCCC. The molecule has 0 saturated heterocycles. The van der Waals surface area contributed by atoms with Gasteiger partial charge < -0.3 is 0 Å². The number of hydrogen-bond donors (Lipinski definition) is 0. The molecule has 0 spiro atoms. The predicted octanol–water partition coefficient (Wildman–Crippen LogP) is 11.1. The lowest BCUT2D eigenvalue weighted by Crippen LogP contribution is -2.20. The molecule has 0 radical (unpaired) electrons. The fraction of sp³-hybridized carbons (Fsp3) is 0.867. The maximum atomic E-state index is 2.86. The van der Waals surface area contributed by atoms with Crippen LogP contribution in [0.1, 0.15) is 163 Å². The fourth-order valence-electron chi connectivity index (χ4n) is 5.56. The second kappa shape index (κ2) is 17.1. The van der Waals surface area contributed by atoms with Crippen LogP contribution in [-0.4, -0.2) is 0 Å². The van der Waals surface area contributed by atoms with E-state index in [0.29, 0.717) is 5.41 Å². The first-order valence-corrected chi connectivity index (χ1v) is 14.1. The Morgan fingerprint density at radius 2 is 0.933 bits per heavy atom. The normalized spacial score (nSPS) is 15.8. The second-order valence-electron chi connectivity index (χ2n) is 10.1. The maximum absolute atomic E-state index is 2.86. The van der Waals surface area contributed by atoms with Gasteiger partial charge in [-0.25, -0.2) is 0 Å². The summed E-state index contributed by atoms with van der Waals surface area (Å²) in [7, 11) is 0. The van der Waals surface area contributed by atoms with Crippen molar-refractivity contribution in [3.63, 3.8) is 0 Å². The molecule has 0 nitrogen and oxygen atoms in total. The van der Waals surface area contributed by atoms with Crippen LogP contribution in [0.2, 0.25) is 0 Å². The minimum atomic E-state index is 0.418. The molecule has 0 unspecified atom stereocenters. The Kier molecular flexibility index (Phi) is 15.7. The Balaban J connectivity index is 3.23. The van der Waals surface area contributed by atoms with E-state index in [-0.39, 0.29) is 0 Å². The van der Waals surface area contributed by atoms with Crippen LogP contribution in [0.25, 0.3) is 0 Å². The first-order valence-electron chi connectivity index (χ1n) is 14.1. The predicted molar refractivity (Wildman–Crippen MR) is 138 cm³/mol. The van der Waals surface area contributed by atoms with E-state index in [1.54, 1.807) is 5.57 Å². The molecule has 0 bridgehead atoms. The van der Waals surface area contributed by atoms with Gasteiger partial charge in [-0.3, -0.25) is 0 Å². The van der Waals surface area contributed by atoms with E-state index in [0.717, 1.165) is 0 Å². The molecular weight excluding hydrogens is 360 g/mol. The van der Waals surface area contributed by atoms with Crippen LogP contribution in [0.15, 0.2) is 22.8 Å². The lowest BCUT2D eigenvalue weighted by atomic mass is 9.71. The highest BCUT2D eigenvalue weighted by atomic mass is 14.4. The van der Waals surface area contributed by atoms with E-state index < -0.39 is 0 Å². The summed E-state index contributed by atoms with van der Waals surface area (Å²) in [6.07, 6.45) is 30.5. The molecule has 0 amide bonds. The van der Waals surface area contributed by atoms with Gasteiger partial charge in [-0.2, -0.15) is 0 Å². The first-order chi connectivity index (χ1) is 14.7. The summed E-state index contributed by atoms with van der Waals surface area (Å²) in [6.45, 7) is 11.8. The van der Waals surface area contributed by atoms with Gasteiger partial charge in [-0.15, -0.1) is 0 Å². The topological polar surface area (TPSA) is 0 Å². The van der Waals surface area contributed by atoms with Gasteiger partial charge in [0.1, 0.15) is 0 Å². The summed E-state index contributed by atoms with van der Waals surface area (Å²) in [5.74, 6) is 0. The van der Waals surface area contributed by atoms with Crippen LogP contribution >= 0.6 is 0 Å². The molecule has 0 aliphatic heterocycles. The van der Waals surface area contributed by atoms with Gasteiger partial charge in [0, 0.05) is 5.41 Å². The van der Waals surface area contributed by atoms with E-state index in [1.165, 1.54) is 128 Å². The summed E-state index contributed by atoms with van der Waals surface area (Å²) < 4.78 is 0. The molecule has 0 aromatic heterocycles. The van der Waals surface area contributed by atoms with Crippen LogP contribution in [0.5, 0.6) is 0 Å². The zero-order chi connectivity index (χ0) is 22.1. The van der Waals surface area contributed by atoms with Crippen molar-refractivity contribution in [2.24, 2.45) is 5.41 Å². The molecule has 0 atom stereocenters. The number of rotatable bonds is 20. The molecule has 0 fully saturated rings. The summed E-state index contributed by atoms with van der Waals surface area (Å²) in [4.78, 5) is 0. The van der Waals surface area contributed by atoms with Crippen molar-refractivity contribution < 1.29 is 0 Å². The van der Waals surface area contributed by atoms with Crippen molar-refractivity contribution in [2.75, 3.05) is 0 Å². The second-order valence-corrected chi connectivity index (χ2v) is 10.1. The quantitative estimate of drug-likeness (QED) is 0.173. The monoisotopic (exact) mass is 416 g/mol. The third-order valence-electron chi connectivity index (χ3n) is 7.37.